The smallest absolute Gasteiger partial charge is 0.241 e. The molecule has 2 atom stereocenters. The Kier molecular flexibility index (Phi) is 8.51. The molecule has 4 rings (SSSR count). The van der Waals surface area contributed by atoms with Crippen molar-refractivity contribution in [3.8, 4) is 11.4 Å². The Balaban J connectivity index is 1.20. The van der Waals surface area contributed by atoms with E-state index >= 15 is 0 Å². The number of nitrogens with one attached hydrogen (secondary N) is 1. The number of piperidine rings is 2. The predicted octanol–water partition coefficient (Wildman–Crippen LogP) is 4.03. The van der Waals surface area contributed by atoms with E-state index < -0.39 is 0 Å². The molecule has 2 fully saturated rings. The average Bonchev–Trinajstić information content (AvgIpc) is 3.31. The maximum absolute atomic E-state index is 12.8. The molecule has 0 bridgehead atoms. The number of benzene rings is 1. The van der Waals surface area contributed by atoms with Crippen molar-refractivity contribution < 1.29 is 9.32 Å². The molecular weight excluding hydrogens is 414 g/mol. The van der Waals surface area contributed by atoms with Gasteiger partial charge in [-0.2, -0.15) is 4.98 Å². The molecule has 1 amide bonds. The van der Waals surface area contributed by atoms with Gasteiger partial charge in [-0.25, -0.2) is 0 Å². The summed E-state index contributed by atoms with van der Waals surface area (Å²) in [6, 6.07) is 8.86. The molecule has 2 aliphatic rings. The highest BCUT2D eigenvalue weighted by Gasteiger charge is 2.27. The highest BCUT2D eigenvalue weighted by atomic mass is 16.5. The van der Waals surface area contributed by atoms with Gasteiger partial charge in [0.15, 0.2) is 0 Å². The van der Waals surface area contributed by atoms with E-state index in [-0.39, 0.29) is 11.8 Å². The van der Waals surface area contributed by atoms with Crippen molar-refractivity contribution in [2.75, 3.05) is 32.7 Å². The third-order valence-electron chi connectivity index (χ3n) is 7.15. The van der Waals surface area contributed by atoms with E-state index in [2.05, 4.69) is 39.1 Å². The van der Waals surface area contributed by atoms with Gasteiger partial charge in [-0.15, -0.1) is 0 Å². The fourth-order valence-electron chi connectivity index (χ4n) is 5.20. The summed E-state index contributed by atoms with van der Waals surface area (Å²) in [6.45, 7) is 9.72. The van der Waals surface area contributed by atoms with Crippen LogP contribution in [0.25, 0.3) is 11.4 Å². The van der Waals surface area contributed by atoms with E-state index in [4.69, 9.17) is 4.52 Å². The lowest BCUT2D eigenvalue weighted by atomic mass is 9.97. The first-order valence-electron chi connectivity index (χ1n) is 12.8. The van der Waals surface area contributed by atoms with E-state index in [1.54, 1.807) is 0 Å². The molecule has 2 aromatic rings. The topological polar surface area (TPSA) is 74.5 Å². The zero-order chi connectivity index (χ0) is 23.0. The summed E-state index contributed by atoms with van der Waals surface area (Å²) >= 11 is 0. The largest absolute Gasteiger partial charge is 0.356 e. The van der Waals surface area contributed by atoms with Crippen LogP contribution in [0.1, 0.15) is 63.3 Å². The molecule has 7 nitrogen and oxygen atoms in total. The van der Waals surface area contributed by atoms with Crippen LogP contribution >= 0.6 is 0 Å². The number of hydrogen-bond donors (Lipinski definition) is 1. The minimum Gasteiger partial charge on any atom is -0.356 e. The number of amides is 1. The van der Waals surface area contributed by atoms with E-state index in [1.165, 1.54) is 37.8 Å². The number of likely N-dealkylation sites (tertiary alicyclic amines) is 2. The fourth-order valence-corrected chi connectivity index (χ4v) is 5.20. The molecule has 0 saturated carbocycles. The quantitative estimate of drug-likeness (QED) is 0.578. The highest BCUT2D eigenvalue weighted by Crippen LogP contribution is 2.21. The van der Waals surface area contributed by atoms with E-state index in [0.717, 1.165) is 57.0 Å². The molecule has 1 aromatic heterocycles. The monoisotopic (exact) mass is 453 g/mol. The van der Waals surface area contributed by atoms with E-state index in [9.17, 15) is 4.79 Å². The van der Waals surface area contributed by atoms with Crippen molar-refractivity contribution in [1.82, 2.24) is 25.3 Å². The minimum absolute atomic E-state index is 0.0385. The van der Waals surface area contributed by atoms with Crippen molar-refractivity contribution in [3.05, 3.63) is 35.7 Å². The fraction of sp³-hybridized carbons (Fsp3) is 0.654. The van der Waals surface area contributed by atoms with Crippen molar-refractivity contribution in [3.63, 3.8) is 0 Å². The number of nitrogens with zero attached hydrogens (tertiary/aromatic N) is 4. The maximum atomic E-state index is 12.8. The Morgan fingerprint density at radius 2 is 2.00 bits per heavy atom. The van der Waals surface area contributed by atoms with Crippen molar-refractivity contribution in [2.24, 2.45) is 5.92 Å². The van der Waals surface area contributed by atoms with Gasteiger partial charge in [-0.05, 0) is 58.5 Å². The molecule has 0 radical (unpaired) electrons. The molecule has 33 heavy (non-hydrogen) atoms. The first-order valence-corrected chi connectivity index (χ1v) is 12.8. The summed E-state index contributed by atoms with van der Waals surface area (Å²) in [7, 11) is 0. The molecule has 2 unspecified atom stereocenters. The van der Waals surface area contributed by atoms with Crippen LogP contribution < -0.4 is 5.32 Å². The second-order valence-electron chi connectivity index (χ2n) is 9.69. The van der Waals surface area contributed by atoms with Crippen LogP contribution in [-0.4, -0.2) is 64.6 Å². The van der Waals surface area contributed by atoms with E-state index in [0.29, 0.717) is 18.3 Å². The van der Waals surface area contributed by atoms with E-state index in [1.807, 2.05) is 24.3 Å². The Bertz CT molecular complexity index is 881. The second-order valence-corrected chi connectivity index (χ2v) is 9.69. The Hall–Kier alpha value is -2.25. The SMILES string of the molecule is CCC1CCCCN1CCCNC(=O)C1CCCN(Cc2nc(-c3ccc(C)cc3)no2)C1. The molecule has 1 aromatic carbocycles. The standard InChI is InChI=1S/C26H39N5O2/c1-3-23-9-4-5-16-31(23)17-7-14-27-26(32)22-8-6-15-30(18-22)19-24-28-25(29-33-24)21-12-10-20(2)11-13-21/h10-13,22-23H,3-9,14-19H2,1-2H3,(H,27,32). The van der Waals surface area contributed by atoms with Gasteiger partial charge in [0, 0.05) is 31.2 Å². The van der Waals surface area contributed by atoms with Crippen LogP contribution in [-0.2, 0) is 11.3 Å². The van der Waals surface area contributed by atoms with Gasteiger partial charge in [0.25, 0.3) is 0 Å². The summed E-state index contributed by atoms with van der Waals surface area (Å²) in [6.07, 6.45) is 8.23. The number of rotatable bonds is 9. The molecule has 0 aliphatic carbocycles. The highest BCUT2D eigenvalue weighted by molar-refractivity contribution is 5.78. The van der Waals surface area contributed by atoms with Crippen molar-refractivity contribution in [1.29, 1.82) is 0 Å². The molecule has 0 spiro atoms. The average molecular weight is 454 g/mol. The molecule has 3 heterocycles. The number of hydrogen-bond acceptors (Lipinski definition) is 6. The van der Waals surface area contributed by atoms with Crippen LogP contribution in [0.4, 0.5) is 0 Å². The summed E-state index contributed by atoms with van der Waals surface area (Å²) in [5.41, 5.74) is 2.16. The van der Waals surface area contributed by atoms with Crippen LogP contribution in [0, 0.1) is 12.8 Å². The summed E-state index contributed by atoms with van der Waals surface area (Å²) in [5, 5.41) is 7.34. The minimum atomic E-state index is 0.0385. The van der Waals surface area contributed by atoms with Gasteiger partial charge in [0.2, 0.25) is 17.6 Å². The lowest BCUT2D eigenvalue weighted by Crippen LogP contribution is -2.44. The Morgan fingerprint density at radius 1 is 1.15 bits per heavy atom. The number of aromatic nitrogens is 2. The third kappa shape index (κ3) is 6.64. The third-order valence-corrected chi connectivity index (χ3v) is 7.15. The second kappa shape index (κ2) is 11.7. The van der Waals surface area contributed by atoms with Crippen LogP contribution in [0.2, 0.25) is 0 Å². The predicted molar refractivity (Wildman–Crippen MR) is 130 cm³/mol. The summed E-state index contributed by atoms with van der Waals surface area (Å²) in [5.74, 6) is 1.46. The first kappa shape index (κ1) is 23.9. The summed E-state index contributed by atoms with van der Waals surface area (Å²) in [4.78, 5) is 22.2. The molecule has 180 valence electrons. The van der Waals surface area contributed by atoms with Gasteiger partial charge in [-0.1, -0.05) is 48.3 Å². The normalized spacial score (nSPS) is 22.4. The number of carbonyl (C=O) groups is 1. The van der Waals surface area contributed by atoms with Gasteiger partial charge in [0.1, 0.15) is 0 Å². The number of carbonyl (C=O) groups excluding carboxylic acids is 1. The van der Waals surface area contributed by atoms with Crippen LogP contribution in [0.5, 0.6) is 0 Å². The summed E-state index contributed by atoms with van der Waals surface area (Å²) < 4.78 is 5.49. The molecule has 2 aliphatic heterocycles. The zero-order valence-electron chi connectivity index (χ0n) is 20.3. The lowest BCUT2D eigenvalue weighted by molar-refractivity contribution is -0.126. The van der Waals surface area contributed by atoms with Crippen LogP contribution in [0.3, 0.4) is 0 Å². The van der Waals surface area contributed by atoms with Crippen molar-refractivity contribution >= 4 is 5.91 Å². The molecule has 2 saturated heterocycles. The maximum Gasteiger partial charge on any atom is 0.241 e. The van der Waals surface area contributed by atoms with Crippen molar-refractivity contribution in [2.45, 2.75) is 71.4 Å². The van der Waals surface area contributed by atoms with Gasteiger partial charge >= 0.3 is 0 Å². The van der Waals surface area contributed by atoms with Gasteiger partial charge in [-0.3, -0.25) is 9.69 Å². The molecule has 7 heteroatoms. The molecule has 1 N–H and O–H groups in total. The lowest BCUT2D eigenvalue weighted by Gasteiger charge is -2.35. The van der Waals surface area contributed by atoms with Crippen LogP contribution in [0.15, 0.2) is 28.8 Å². The number of aryl methyl sites for hydroxylation is 1. The molecular formula is C26H39N5O2. The van der Waals surface area contributed by atoms with Gasteiger partial charge < -0.3 is 14.7 Å². The zero-order valence-corrected chi connectivity index (χ0v) is 20.3. The Morgan fingerprint density at radius 3 is 2.82 bits per heavy atom. The first-order chi connectivity index (χ1) is 16.1. The Labute approximate surface area is 197 Å². The van der Waals surface area contributed by atoms with Gasteiger partial charge in [0.05, 0.1) is 12.5 Å².